The van der Waals surface area contributed by atoms with Crippen molar-refractivity contribution >= 4 is 8.60 Å². The van der Waals surface area contributed by atoms with Crippen LogP contribution in [0.3, 0.4) is 0 Å². The largest absolute Gasteiger partial charge is 0.435 e. The zero-order valence-electron chi connectivity index (χ0n) is 5.95. The first-order chi connectivity index (χ1) is 4.86. The van der Waals surface area contributed by atoms with Crippen LogP contribution in [0.4, 0.5) is 0 Å². The Labute approximate surface area is 62.0 Å². The van der Waals surface area contributed by atoms with Crippen LogP contribution >= 0.6 is 8.60 Å². The van der Waals surface area contributed by atoms with E-state index in [1.54, 1.807) is 0 Å². The maximum Gasteiger partial charge on any atom is 0.397 e. The van der Waals surface area contributed by atoms with E-state index < -0.39 is 8.60 Å². The second-order valence-electron chi connectivity index (χ2n) is 1.93. The molecule has 0 saturated carbocycles. The lowest BCUT2D eigenvalue weighted by molar-refractivity contribution is 0.227. The van der Waals surface area contributed by atoms with Crippen molar-refractivity contribution in [1.29, 1.82) is 0 Å². The lowest BCUT2D eigenvalue weighted by atomic mass is 10.3. The molecule has 1 rings (SSSR count). The summed E-state index contributed by atoms with van der Waals surface area (Å²) in [6.07, 6.45) is 2.54. The molecule has 1 heterocycles. The number of hydrogen-bond acceptors (Lipinski definition) is 3. The van der Waals surface area contributed by atoms with Crippen LogP contribution in [0.15, 0.2) is 12.8 Å². The highest BCUT2D eigenvalue weighted by molar-refractivity contribution is 7.42. The van der Waals surface area contributed by atoms with Gasteiger partial charge in [0.05, 0.1) is 19.0 Å². The Hall–Kier alpha value is -0.110. The van der Waals surface area contributed by atoms with Gasteiger partial charge in [-0.3, -0.25) is 9.05 Å². The maximum absolute atomic E-state index is 5.30. The normalized spacial score (nSPS) is 32.1. The van der Waals surface area contributed by atoms with Crippen LogP contribution in [-0.4, -0.2) is 12.7 Å². The van der Waals surface area contributed by atoms with Gasteiger partial charge in [0.1, 0.15) is 0 Å². The minimum absolute atomic E-state index is 0.214. The van der Waals surface area contributed by atoms with Crippen molar-refractivity contribution in [2.24, 2.45) is 0 Å². The summed E-state index contributed by atoms with van der Waals surface area (Å²) in [5.41, 5.74) is 0. The van der Waals surface area contributed by atoms with E-state index in [2.05, 4.69) is 13.5 Å². The molecule has 1 saturated heterocycles. The summed E-state index contributed by atoms with van der Waals surface area (Å²) < 4.78 is 15.4. The Morgan fingerprint density at radius 1 is 1.90 bits per heavy atom. The zero-order chi connectivity index (χ0) is 7.40. The molecule has 1 aliphatic rings. The predicted molar refractivity (Wildman–Crippen MR) is 39.3 cm³/mol. The van der Waals surface area contributed by atoms with Crippen LogP contribution in [0.1, 0.15) is 13.3 Å². The fraction of sp³-hybridized carbons (Fsp3) is 0.667. The van der Waals surface area contributed by atoms with Gasteiger partial charge in [0.25, 0.3) is 0 Å². The molecule has 1 fully saturated rings. The second-order valence-corrected chi connectivity index (χ2v) is 3.05. The van der Waals surface area contributed by atoms with Crippen molar-refractivity contribution in [1.82, 2.24) is 0 Å². The summed E-state index contributed by atoms with van der Waals surface area (Å²) in [6.45, 7) is 6.11. The van der Waals surface area contributed by atoms with Gasteiger partial charge in [-0.05, 0) is 6.42 Å². The van der Waals surface area contributed by atoms with E-state index >= 15 is 0 Å². The van der Waals surface area contributed by atoms with Crippen LogP contribution < -0.4 is 0 Å². The maximum atomic E-state index is 5.30. The van der Waals surface area contributed by atoms with Crippen molar-refractivity contribution in [2.75, 3.05) is 6.61 Å². The van der Waals surface area contributed by atoms with E-state index in [1.807, 2.05) is 0 Å². The third-order valence-corrected chi connectivity index (χ3v) is 2.37. The topological polar surface area (TPSA) is 27.7 Å². The minimum Gasteiger partial charge on any atom is -0.435 e. The highest BCUT2D eigenvalue weighted by atomic mass is 31.2. The third kappa shape index (κ3) is 1.94. The smallest absolute Gasteiger partial charge is 0.397 e. The standard InChI is InChI=1S/C6H11O3P/c1-3-6-5-8-10(9-6)7-4-2/h4,6H,2-3,5H2,1H3. The molecule has 0 spiro atoms. The van der Waals surface area contributed by atoms with Gasteiger partial charge in [-0.15, -0.1) is 0 Å². The van der Waals surface area contributed by atoms with Gasteiger partial charge in [0.2, 0.25) is 0 Å². The van der Waals surface area contributed by atoms with Crippen molar-refractivity contribution in [2.45, 2.75) is 19.4 Å². The van der Waals surface area contributed by atoms with Crippen LogP contribution in [0, 0.1) is 0 Å². The molecule has 3 nitrogen and oxygen atoms in total. The van der Waals surface area contributed by atoms with E-state index in [0.717, 1.165) is 6.42 Å². The van der Waals surface area contributed by atoms with Gasteiger partial charge in [-0.2, -0.15) is 0 Å². The van der Waals surface area contributed by atoms with Gasteiger partial charge >= 0.3 is 8.60 Å². The molecular formula is C6H11O3P. The number of hydrogen-bond donors (Lipinski definition) is 0. The van der Waals surface area contributed by atoms with Gasteiger partial charge in [0.15, 0.2) is 0 Å². The average Bonchev–Trinajstić information content (AvgIpc) is 2.37. The van der Waals surface area contributed by atoms with E-state index in [-0.39, 0.29) is 6.10 Å². The summed E-state index contributed by atoms with van der Waals surface area (Å²) in [5, 5.41) is 0. The molecule has 2 unspecified atom stereocenters. The lowest BCUT2D eigenvalue weighted by Gasteiger charge is -2.04. The van der Waals surface area contributed by atoms with E-state index in [9.17, 15) is 0 Å². The molecule has 1 aliphatic heterocycles. The molecule has 0 radical (unpaired) electrons. The van der Waals surface area contributed by atoms with Gasteiger partial charge < -0.3 is 4.52 Å². The molecule has 10 heavy (non-hydrogen) atoms. The first-order valence-electron chi connectivity index (χ1n) is 3.24. The Morgan fingerprint density at radius 3 is 3.20 bits per heavy atom. The Bertz CT molecular complexity index is 118. The Balaban J connectivity index is 2.21. The monoisotopic (exact) mass is 162 g/mol. The van der Waals surface area contributed by atoms with Gasteiger partial charge in [0, 0.05) is 0 Å². The second kappa shape index (κ2) is 3.91. The fourth-order valence-electron chi connectivity index (χ4n) is 0.635. The van der Waals surface area contributed by atoms with Crippen molar-refractivity contribution in [3.05, 3.63) is 12.8 Å². The molecule has 4 heteroatoms. The zero-order valence-corrected chi connectivity index (χ0v) is 6.84. The SMILES string of the molecule is C=COP1OCC(CC)O1. The molecule has 0 aromatic rings. The van der Waals surface area contributed by atoms with Crippen molar-refractivity contribution < 1.29 is 13.6 Å². The third-order valence-electron chi connectivity index (χ3n) is 1.22. The summed E-state index contributed by atoms with van der Waals surface area (Å²) in [7, 11) is -1.11. The van der Waals surface area contributed by atoms with E-state index in [4.69, 9.17) is 13.6 Å². The molecule has 0 aromatic heterocycles. The summed E-state index contributed by atoms with van der Waals surface area (Å²) in [6, 6.07) is 0. The molecule has 0 aromatic carbocycles. The molecule has 2 atom stereocenters. The quantitative estimate of drug-likeness (QED) is 0.470. The van der Waals surface area contributed by atoms with E-state index in [1.165, 1.54) is 6.26 Å². The highest BCUT2D eigenvalue weighted by Gasteiger charge is 2.27. The van der Waals surface area contributed by atoms with Crippen molar-refractivity contribution in [3.8, 4) is 0 Å². The number of rotatable bonds is 3. The molecule has 0 amide bonds. The molecule has 0 N–H and O–H groups in total. The summed E-state index contributed by atoms with van der Waals surface area (Å²) in [5.74, 6) is 0. The lowest BCUT2D eigenvalue weighted by Crippen LogP contribution is -2.05. The molecule has 0 bridgehead atoms. The van der Waals surface area contributed by atoms with Gasteiger partial charge in [-0.1, -0.05) is 13.5 Å². The average molecular weight is 162 g/mol. The predicted octanol–water partition coefficient (Wildman–Crippen LogP) is 2.20. The van der Waals surface area contributed by atoms with Gasteiger partial charge in [-0.25, -0.2) is 0 Å². The Morgan fingerprint density at radius 2 is 2.70 bits per heavy atom. The molecular weight excluding hydrogens is 151 g/mol. The van der Waals surface area contributed by atoms with Crippen LogP contribution in [-0.2, 0) is 13.6 Å². The van der Waals surface area contributed by atoms with Crippen LogP contribution in [0.2, 0.25) is 0 Å². The molecule has 58 valence electrons. The Kier molecular flexibility index (Phi) is 3.13. The molecule has 0 aliphatic carbocycles. The van der Waals surface area contributed by atoms with Crippen LogP contribution in [0.25, 0.3) is 0 Å². The first-order valence-corrected chi connectivity index (χ1v) is 4.34. The fourth-order valence-corrected chi connectivity index (χ4v) is 1.67. The van der Waals surface area contributed by atoms with Crippen LogP contribution in [0.5, 0.6) is 0 Å². The van der Waals surface area contributed by atoms with Crippen molar-refractivity contribution in [3.63, 3.8) is 0 Å². The minimum atomic E-state index is -1.11. The highest BCUT2D eigenvalue weighted by Crippen LogP contribution is 2.46. The van der Waals surface area contributed by atoms with E-state index in [0.29, 0.717) is 6.61 Å². The first kappa shape index (κ1) is 7.99. The summed E-state index contributed by atoms with van der Waals surface area (Å²) >= 11 is 0. The summed E-state index contributed by atoms with van der Waals surface area (Å²) in [4.78, 5) is 0.